The van der Waals surface area contributed by atoms with Crippen LogP contribution in [0.2, 0.25) is 0 Å². The lowest BCUT2D eigenvalue weighted by molar-refractivity contribution is 0.187. The van der Waals surface area contributed by atoms with Crippen molar-refractivity contribution in [2.45, 2.75) is 44.6 Å². The first-order chi connectivity index (χ1) is 12.4. The third kappa shape index (κ3) is 4.48. The van der Waals surface area contributed by atoms with Gasteiger partial charge in [-0.1, -0.05) is 12.8 Å². The average molecular weight is 344 g/mol. The summed E-state index contributed by atoms with van der Waals surface area (Å²) in [6.07, 6.45) is 8.41. The molecule has 25 heavy (non-hydrogen) atoms. The molecule has 4 rings (SSSR count). The van der Waals surface area contributed by atoms with Crippen molar-refractivity contribution in [3.8, 4) is 5.75 Å². The number of anilines is 1. The molecule has 1 aliphatic carbocycles. The average Bonchev–Trinajstić information content (AvgIpc) is 3.37. The van der Waals surface area contributed by atoms with Crippen molar-refractivity contribution in [3.63, 3.8) is 0 Å². The topological polar surface area (TPSA) is 19.0 Å². The molecule has 0 amide bonds. The normalized spacial score (nSPS) is 23.4. The highest BCUT2D eigenvalue weighted by Gasteiger charge is 2.26. The Hall–Kier alpha value is -1.26. The summed E-state index contributed by atoms with van der Waals surface area (Å²) in [4.78, 5) is 7.75. The molecular weight excluding hydrogens is 310 g/mol. The van der Waals surface area contributed by atoms with Crippen LogP contribution in [0.5, 0.6) is 5.75 Å². The number of hydrogen-bond acceptors (Lipinski definition) is 4. The van der Waals surface area contributed by atoms with E-state index in [2.05, 4.69) is 39.0 Å². The number of rotatable bonds is 6. The van der Waals surface area contributed by atoms with Gasteiger partial charge in [-0.15, -0.1) is 0 Å². The highest BCUT2D eigenvalue weighted by atomic mass is 16.5. The minimum atomic E-state index is 0.805. The van der Waals surface area contributed by atoms with E-state index in [1.165, 1.54) is 70.4 Å². The Morgan fingerprint density at radius 3 is 2.16 bits per heavy atom. The van der Waals surface area contributed by atoms with Crippen molar-refractivity contribution in [2.24, 2.45) is 0 Å². The molecule has 4 nitrogen and oxygen atoms in total. The highest BCUT2D eigenvalue weighted by Crippen LogP contribution is 2.26. The first-order valence-electron chi connectivity index (χ1n) is 10.3. The summed E-state index contributed by atoms with van der Waals surface area (Å²) in [5, 5.41) is 0. The van der Waals surface area contributed by atoms with Crippen LogP contribution in [0.15, 0.2) is 24.3 Å². The van der Waals surface area contributed by atoms with Crippen molar-refractivity contribution in [1.29, 1.82) is 0 Å². The van der Waals surface area contributed by atoms with E-state index in [1.54, 1.807) is 0 Å². The van der Waals surface area contributed by atoms with Gasteiger partial charge in [0.15, 0.2) is 0 Å². The predicted octanol–water partition coefficient (Wildman–Crippen LogP) is 3.23. The van der Waals surface area contributed by atoms with Crippen LogP contribution in [-0.2, 0) is 0 Å². The molecule has 2 heterocycles. The second-order valence-corrected chi connectivity index (χ2v) is 7.85. The summed E-state index contributed by atoms with van der Waals surface area (Å²) in [7, 11) is 0. The van der Waals surface area contributed by atoms with E-state index in [4.69, 9.17) is 4.74 Å². The molecule has 0 bridgehead atoms. The van der Waals surface area contributed by atoms with Crippen molar-refractivity contribution in [2.75, 3.05) is 57.3 Å². The first kappa shape index (κ1) is 17.2. The molecule has 2 saturated heterocycles. The van der Waals surface area contributed by atoms with Gasteiger partial charge in [0.05, 0.1) is 0 Å². The second kappa shape index (κ2) is 8.41. The molecule has 1 aromatic carbocycles. The number of ether oxygens (including phenoxy) is 1. The molecule has 2 aliphatic heterocycles. The van der Waals surface area contributed by atoms with Crippen LogP contribution >= 0.6 is 0 Å². The van der Waals surface area contributed by atoms with Crippen LogP contribution < -0.4 is 9.64 Å². The summed E-state index contributed by atoms with van der Waals surface area (Å²) in [5.41, 5.74) is 1.35. The summed E-state index contributed by atoms with van der Waals surface area (Å²) >= 11 is 0. The molecule has 0 atom stereocenters. The zero-order chi connectivity index (χ0) is 16.9. The van der Waals surface area contributed by atoms with Crippen LogP contribution in [0.25, 0.3) is 0 Å². The fourth-order valence-corrected chi connectivity index (χ4v) is 4.67. The maximum atomic E-state index is 5.93. The molecule has 0 aromatic heterocycles. The SMILES string of the molecule is c1cc(N2CCN(C3CCCC3)CC2)ccc1OCCN1CCCC1. The Kier molecular flexibility index (Phi) is 5.78. The Labute approximate surface area is 152 Å². The molecule has 0 spiro atoms. The van der Waals surface area contributed by atoms with Gasteiger partial charge < -0.3 is 9.64 Å². The zero-order valence-electron chi connectivity index (χ0n) is 15.5. The summed E-state index contributed by atoms with van der Waals surface area (Å²) < 4.78 is 5.93. The van der Waals surface area contributed by atoms with E-state index < -0.39 is 0 Å². The molecule has 0 N–H and O–H groups in total. The molecule has 4 heteroatoms. The van der Waals surface area contributed by atoms with Gasteiger partial charge in [-0.25, -0.2) is 0 Å². The molecule has 3 fully saturated rings. The van der Waals surface area contributed by atoms with E-state index in [1.807, 2.05) is 0 Å². The Balaban J connectivity index is 1.21. The molecule has 0 unspecified atom stereocenters. The van der Waals surface area contributed by atoms with Crippen LogP contribution in [0.4, 0.5) is 5.69 Å². The van der Waals surface area contributed by atoms with Crippen LogP contribution in [0.3, 0.4) is 0 Å². The van der Waals surface area contributed by atoms with Gasteiger partial charge in [0.1, 0.15) is 12.4 Å². The third-order valence-electron chi connectivity index (χ3n) is 6.23. The lowest BCUT2D eigenvalue weighted by Gasteiger charge is -2.39. The molecule has 1 saturated carbocycles. The highest BCUT2D eigenvalue weighted by molar-refractivity contribution is 5.49. The third-order valence-corrected chi connectivity index (χ3v) is 6.23. The summed E-state index contributed by atoms with van der Waals surface area (Å²) in [5.74, 6) is 1.01. The number of hydrogen-bond donors (Lipinski definition) is 0. The fraction of sp³-hybridized carbons (Fsp3) is 0.714. The van der Waals surface area contributed by atoms with Gasteiger partial charge in [0, 0.05) is 44.5 Å². The van der Waals surface area contributed by atoms with Crippen molar-refractivity contribution < 1.29 is 4.74 Å². The van der Waals surface area contributed by atoms with Gasteiger partial charge >= 0.3 is 0 Å². The second-order valence-electron chi connectivity index (χ2n) is 7.85. The van der Waals surface area contributed by atoms with Gasteiger partial charge in [-0.2, -0.15) is 0 Å². The molecule has 1 aromatic rings. The Morgan fingerprint density at radius 2 is 1.48 bits per heavy atom. The van der Waals surface area contributed by atoms with Crippen molar-refractivity contribution >= 4 is 5.69 Å². The van der Waals surface area contributed by atoms with Crippen LogP contribution in [0, 0.1) is 0 Å². The van der Waals surface area contributed by atoms with E-state index in [0.29, 0.717) is 0 Å². The molecule has 0 radical (unpaired) electrons. The monoisotopic (exact) mass is 343 g/mol. The van der Waals surface area contributed by atoms with E-state index in [0.717, 1.165) is 38.0 Å². The molecular formula is C21H33N3O. The van der Waals surface area contributed by atoms with Crippen molar-refractivity contribution in [1.82, 2.24) is 9.80 Å². The van der Waals surface area contributed by atoms with Crippen molar-refractivity contribution in [3.05, 3.63) is 24.3 Å². The molecule has 3 aliphatic rings. The first-order valence-corrected chi connectivity index (χ1v) is 10.3. The van der Waals surface area contributed by atoms with E-state index in [9.17, 15) is 0 Å². The molecule has 138 valence electrons. The van der Waals surface area contributed by atoms with Gasteiger partial charge in [0.2, 0.25) is 0 Å². The predicted molar refractivity (Wildman–Crippen MR) is 104 cm³/mol. The van der Waals surface area contributed by atoms with Crippen LogP contribution in [-0.4, -0.2) is 68.3 Å². The Bertz CT molecular complexity index is 512. The number of likely N-dealkylation sites (tertiary alicyclic amines) is 1. The van der Waals surface area contributed by atoms with Gasteiger partial charge in [-0.05, 0) is 63.0 Å². The lowest BCUT2D eigenvalue weighted by atomic mass is 10.1. The largest absolute Gasteiger partial charge is 0.492 e. The van der Waals surface area contributed by atoms with E-state index >= 15 is 0 Å². The maximum Gasteiger partial charge on any atom is 0.119 e. The minimum Gasteiger partial charge on any atom is -0.492 e. The summed E-state index contributed by atoms with van der Waals surface area (Å²) in [6.45, 7) is 9.11. The van der Waals surface area contributed by atoms with Gasteiger partial charge in [0.25, 0.3) is 0 Å². The smallest absolute Gasteiger partial charge is 0.119 e. The lowest BCUT2D eigenvalue weighted by Crippen LogP contribution is -2.49. The minimum absolute atomic E-state index is 0.805. The number of piperazine rings is 1. The van der Waals surface area contributed by atoms with Crippen LogP contribution in [0.1, 0.15) is 38.5 Å². The van der Waals surface area contributed by atoms with Gasteiger partial charge in [-0.3, -0.25) is 9.80 Å². The van der Waals surface area contributed by atoms with E-state index in [-0.39, 0.29) is 0 Å². The standard InChI is InChI=1S/C21H33N3O/c1-2-6-19(5-1)23-13-15-24(16-14-23)20-7-9-21(10-8-20)25-18-17-22-11-3-4-12-22/h7-10,19H,1-6,11-18H2. The fourth-order valence-electron chi connectivity index (χ4n) is 4.67. The Morgan fingerprint density at radius 1 is 0.800 bits per heavy atom. The zero-order valence-corrected chi connectivity index (χ0v) is 15.5. The number of nitrogens with zero attached hydrogens (tertiary/aromatic N) is 3. The number of benzene rings is 1. The quantitative estimate of drug-likeness (QED) is 0.789. The summed E-state index contributed by atoms with van der Waals surface area (Å²) in [6, 6.07) is 9.62. The maximum absolute atomic E-state index is 5.93.